The van der Waals surface area contributed by atoms with E-state index in [4.69, 9.17) is 4.42 Å². The van der Waals surface area contributed by atoms with Crippen molar-refractivity contribution >= 4 is 0 Å². The molecule has 0 amide bonds. The van der Waals surface area contributed by atoms with Crippen molar-refractivity contribution < 1.29 is 4.42 Å². The van der Waals surface area contributed by atoms with Crippen LogP contribution in [0.1, 0.15) is 18.6 Å². The van der Waals surface area contributed by atoms with Gasteiger partial charge in [0.05, 0.1) is 6.26 Å². The molecule has 2 fully saturated rings. The molecule has 1 N–H and O–H groups in total. The van der Waals surface area contributed by atoms with Gasteiger partial charge in [0.25, 0.3) is 0 Å². The van der Waals surface area contributed by atoms with Gasteiger partial charge in [-0.1, -0.05) is 0 Å². The van der Waals surface area contributed by atoms with E-state index in [1.807, 2.05) is 6.07 Å². The Kier molecular flexibility index (Phi) is 2.98. The van der Waals surface area contributed by atoms with Crippen LogP contribution in [0.15, 0.2) is 22.8 Å². The highest BCUT2D eigenvalue weighted by Gasteiger charge is 2.33. The van der Waals surface area contributed by atoms with Crippen LogP contribution in [0.4, 0.5) is 0 Å². The SMILES string of the molecule is c1coc(CCN2CCNC(C3CC3)C2)c1. The molecule has 88 valence electrons. The Morgan fingerprint density at radius 1 is 1.44 bits per heavy atom. The molecule has 2 aliphatic rings. The first-order valence-corrected chi connectivity index (χ1v) is 6.40. The van der Waals surface area contributed by atoms with Crippen LogP contribution in [0.25, 0.3) is 0 Å². The second kappa shape index (κ2) is 4.60. The third-order valence-corrected chi connectivity index (χ3v) is 3.74. The van der Waals surface area contributed by atoms with E-state index in [0.717, 1.165) is 37.2 Å². The van der Waals surface area contributed by atoms with Crippen molar-refractivity contribution in [3.05, 3.63) is 24.2 Å². The molecule has 16 heavy (non-hydrogen) atoms. The second-order valence-corrected chi connectivity index (χ2v) is 5.03. The summed E-state index contributed by atoms with van der Waals surface area (Å²) in [5.41, 5.74) is 0. The smallest absolute Gasteiger partial charge is 0.105 e. The molecule has 3 nitrogen and oxygen atoms in total. The van der Waals surface area contributed by atoms with E-state index in [9.17, 15) is 0 Å². The van der Waals surface area contributed by atoms with Crippen molar-refractivity contribution in [2.24, 2.45) is 5.92 Å². The molecule has 1 aliphatic heterocycles. The van der Waals surface area contributed by atoms with Crippen molar-refractivity contribution in [2.75, 3.05) is 26.2 Å². The molecule has 1 saturated heterocycles. The third kappa shape index (κ3) is 2.47. The van der Waals surface area contributed by atoms with Crippen molar-refractivity contribution in [3.8, 4) is 0 Å². The van der Waals surface area contributed by atoms with E-state index in [-0.39, 0.29) is 0 Å². The molecule has 0 spiro atoms. The molecule has 1 atom stereocenters. The molecule has 0 radical (unpaired) electrons. The summed E-state index contributed by atoms with van der Waals surface area (Å²) < 4.78 is 5.37. The van der Waals surface area contributed by atoms with Crippen molar-refractivity contribution in [1.82, 2.24) is 10.2 Å². The molecular formula is C13H20N2O. The number of hydrogen-bond acceptors (Lipinski definition) is 3. The van der Waals surface area contributed by atoms with E-state index >= 15 is 0 Å². The second-order valence-electron chi connectivity index (χ2n) is 5.03. The van der Waals surface area contributed by atoms with Crippen molar-refractivity contribution in [2.45, 2.75) is 25.3 Å². The first-order valence-electron chi connectivity index (χ1n) is 6.40. The van der Waals surface area contributed by atoms with Crippen LogP contribution in [0.5, 0.6) is 0 Å². The highest BCUT2D eigenvalue weighted by atomic mass is 16.3. The minimum atomic E-state index is 0.755. The van der Waals surface area contributed by atoms with Crippen molar-refractivity contribution in [1.29, 1.82) is 0 Å². The molecule has 1 aromatic rings. The van der Waals surface area contributed by atoms with Crippen LogP contribution < -0.4 is 5.32 Å². The zero-order chi connectivity index (χ0) is 10.8. The van der Waals surface area contributed by atoms with Crippen LogP contribution in [0.3, 0.4) is 0 Å². The van der Waals surface area contributed by atoms with Crippen LogP contribution in [-0.2, 0) is 6.42 Å². The summed E-state index contributed by atoms with van der Waals surface area (Å²) >= 11 is 0. The Bertz CT molecular complexity index is 319. The van der Waals surface area contributed by atoms with Gasteiger partial charge < -0.3 is 14.6 Å². The Morgan fingerprint density at radius 2 is 2.38 bits per heavy atom. The molecular weight excluding hydrogens is 200 g/mol. The Morgan fingerprint density at radius 3 is 3.12 bits per heavy atom. The number of nitrogens with one attached hydrogen (secondary N) is 1. The van der Waals surface area contributed by atoms with E-state index in [1.165, 1.54) is 25.9 Å². The normalized spacial score (nSPS) is 27.1. The van der Waals surface area contributed by atoms with E-state index in [1.54, 1.807) is 6.26 Å². The summed E-state index contributed by atoms with van der Waals surface area (Å²) in [6.45, 7) is 4.70. The number of piperazine rings is 1. The lowest BCUT2D eigenvalue weighted by molar-refractivity contribution is 0.188. The minimum Gasteiger partial charge on any atom is -0.469 e. The van der Waals surface area contributed by atoms with Gasteiger partial charge in [-0.15, -0.1) is 0 Å². The monoisotopic (exact) mass is 220 g/mol. The lowest BCUT2D eigenvalue weighted by Crippen LogP contribution is -2.52. The van der Waals surface area contributed by atoms with Gasteiger partial charge in [-0.2, -0.15) is 0 Å². The molecule has 3 heteroatoms. The highest BCUT2D eigenvalue weighted by molar-refractivity contribution is 4.99. The molecule has 3 rings (SSSR count). The lowest BCUT2D eigenvalue weighted by Gasteiger charge is -2.33. The largest absolute Gasteiger partial charge is 0.469 e. The molecule has 1 aromatic heterocycles. The van der Waals surface area contributed by atoms with Gasteiger partial charge in [-0.05, 0) is 30.9 Å². The minimum absolute atomic E-state index is 0.755. The first-order chi connectivity index (χ1) is 7.92. The van der Waals surface area contributed by atoms with Crippen LogP contribution >= 0.6 is 0 Å². The van der Waals surface area contributed by atoms with Crippen LogP contribution in [-0.4, -0.2) is 37.1 Å². The maximum absolute atomic E-state index is 5.37. The van der Waals surface area contributed by atoms with Gasteiger partial charge in [0.2, 0.25) is 0 Å². The Balaban J connectivity index is 1.47. The number of hydrogen-bond donors (Lipinski definition) is 1. The summed E-state index contributed by atoms with van der Waals surface area (Å²) in [6.07, 6.45) is 5.68. The molecule has 1 unspecified atom stereocenters. The van der Waals surface area contributed by atoms with Gasteiger partial charge in [-0.3, -0.25) is 0 Å². The molecule has 0 aromatic carbocycles. The molecule has 1 saturated carbocycles. The van der Waals surface area contributed by atoms with E-state index in [2.05, 4.69) is 16.3 Å². The average Bonchev–Trinajstić information content (AvgIpc) is 3.05. The number of furan rings is 1. The fourth-order valence-corrected chi connectivity index (χ4v) is 2.58. The average molecular weight is 220 g/mol. The fourth-order valence-electron chi connectivity index (χ4n) is 2.58. The summed E-state index contributed by atoms with van der Waals surface area (Å²) in [6, 6.07) is 4.80. The summed E-state index contributed by atoms with van der Waals surface area (Å²) in [5.74, 6) is 2.08. The molecule has 1 aliphatic carbocycles. The lowest BCUT2D eigenvalue weighted by atomic mass is 10.1. The molecule has 0 bridgehead atoms. The van der Waals surface area contributed by atoms with Crippen LogP contribution in [0.2, 0.25) is 0 Å². The first kappa shape index (κ1) is 10.4. The number of rotatable bonds is 4. The van der Waals surface area contributed by atoms with Gasteiger partial charge in [0.15, 0.2) is 0 Å². The van der Waals surface area contributed by atoms with Gasteiger partial charge >= 0.3 is 0 Å². The third-order valence-electron chi connectivity index (χ3n) is 3.74. The fraction of sp³-hybridized carbons (Fsp3) is 0.692. The maximum Gasteiger partial charge on any atom is 0.105 e. The quantitative estimate of drug-likeness (QED) is 0.833. The van der Waals surface area contributed by atoms with Gasteiger partial charge in [0, 0.05) is 38.6 Å². The Labute approximate surface area is 96.8 Å². The van der Waals surface area contributed by atoms with Gasteiger partial charge in [-0.25, -0.2) is 0 Å². The zero-order valence-corrected chi connectivity index (χ0v) is 9.69. The maximum atomic E-state index is 5.37. The molecule has 2 heterocycles. The van der Waals surface area contributed by atoms with E-state index in [0.29, 0.717) is 0 Å². The Hall–Kier alpha value is -0.800. The summed E-state index contributed by atoms with van der Waals surface area (Å²) in [5, 5.41) is 3.64. The standard InChI is InChI=1S/C13H20N2O/c1-2-12(16-9-1)5-7-15-8-6-14-13(10-15)11-3-4-11/h1-2,9,11,13-14H,3-8,10H2. The predicted molar refractivity (Wildman–Crippen MR) is 63.4 cm³/mol. The van der Waals surface area contributed by atoms with E-state index < -0.39 is 0 Å². The predicted octanol–water partition coefficient (Wildman–Crippen LogP) is 1.51. The number of nitrogens with zero attached hydrogens (tertiary/aromatic N) is 1. The highest BCUT2D eigenvalue weighted by Crippen LogP contribution is 2.33. The van der Waals surface area contributed by atoms with Gasteiger partial charge in [0.1, 0.15) is 5.76 Å². The van der Waals surface area contributed by atoms with Crippen molar-refractivity contribution in [3.63, 3.8) is 0 Å². The van der Waals surface area contributed by atoms with Crippen LogP contribution in [0, 0.1) is 5.92 Å². The summed E-state index contributed by atoms with van der Waals surface area (Å²) in [7, 11) is 0. The zero-order valence-electron chi connectivity index (χ0n) is 9.69. The topological polar surface area (TPSA) is 28.4 Å². The summed E-state index contributed by atoms with van der Waals surface area (Å²) in [4.78, 5) is 2.57.